The van der Waals surface area contributed by atoms with E-state index >= 15 is 0 Å². The molecule has 1 amide bonds. The Morgan fingerprint density at radius 2 is 1.84 bits per heavy atom. The van der Waals surface area contributed by atoms with Gasteiger partial charge in [-0.3, -0.25) is 4.79 Å². The van der Waals surface area contributed by atoms with Crippen LogP contribution >= 0.6 is 0 Å². The Bertz CT molecular complexity index is 1580. The number of aromatic amines is 1. The highest BCUT2D eigenvalue weighted by molar-refractivity contribution is 5.89. The lowest BCUT2D eigenvalue weighted by molar-refractivity contribution is -0.121. The summed E-state index contributed by atoms with van der Waals surface area (Å²) in [4.78, 5) is 25.4. The average Bonchev–Trinajstić information content (AvgIpc) is 3.25. The monoisotopic (exact) mass is 498 g/mol. The Balaban J connectivity index is 1.46. The number of hydrogen-bond acceptors (Lipinski definition) is 4. The second kappa shape index (κ2) is 10.2. The molecule has 0 spiro atoms. The molecule has 1 unspecified atom stereocenters. The number of nitrogens with one attached hydrogen (secondary N) is 2. The van der Waals surface area contributed by atoms with Crippen LogP contribution in [-0.4, -0.2) is 26.0 Å². The molecule has 0 bridgehead atoms. The van der Waals surface area contributed by atoms with Gasteiger partial charge in [0.25, 0.3) is 0 Å². The quantitative estimate of drug-likeness (QED) is 0.274. The van der Waals surface area contributed by atoms with E-state index in [9.17, 15) is 18.7 Å². The highest BCUT2D eigenvalue weighted by atomic mass is 19.1. The van der Waals surface area contributed by atoms with E-state index in [1.165, 1.54) is 12.1 Å². The van der Waals surface area contributed by atoms with Gasteiger partial charge in [0.1, 0.15) is 17.4 Å². The zero-order valence-electron chi connectivity index (χ0n) is 20.0. The molecule has 3 aromatic carbocycles. The smallest absolute Gasteiger partial charge is 0.225 e. The molecule has 5 aromatic rings. The number of hydrogen-bond donors (Lipinski definition) is 3. The van der Waals surface area contributed by atoms with Crippen molar-refractivity contribution in [2.75, 3.05) is 0 Å². The predicted molar refractivity (Wildman–Crippen MR) is 137 cm³/mol. The number of H-pyrrole nitrogens is 1. The summed E-state index contributed by atoms with van der Waals surface area (Å²) in [5.41, 5.74) is 4.49. The molecule has 2 heterocycles. The van der Waals surface area contributed by atoms with Gasteiger partial charge in [-0.1, -0.05) is 24.3 Å². The van der Waals surface area contributed by atoms with Crippen molar-refractivity contribution in [1.82, 2.24) is 20.3 Å². The first-order valence-electron chi connectivity index (χ1n) is 11.8. The SMILES string of the molecule is Cc1ccccc1-c1ccnc(C(Cc2cc(F)cc(F)c2)NC(=O)Cc2c[nH]c3ccc(O)cc23)n1. The third kappa shape index (κ3) is 5.48. The second-order valence-corrected chi connectivity index (χ2v) is 8.94. The van der Waals surface area contributed by atoms with Gasteiger partial charge in [0, 0.05) is 41.3 Å². The highest BCUT2D eigenvalue weighted by Gasteiger charge is 2.21. The molecule has 0 fully saturated rings. The van der Waals surface area contributed by atoms with Gasteiger partial charge in [-0.15, -0.1) is 0 Å². The molecular formula is C29H24F2N4O2. The summed E-state index contributed by atoms with van der Waals surface area (Å²) < 4.78 is 27.8. The summed E-state index contributed by atoms with van der Waals surface area (Å²) >= 11 is 0. The molecule has 3 N–H and O–H groups in total. The summed E-state index contributed by atoms with van der Waals surface area (Å²) in [5.74, 6) is -1.30. The van der Waals surface area contributed by atoms with Crippen LogP contribution < -0.4 is 5.32 Å². The Morgan fingerprint density at radius 3 is 2.62 bits per heavy atom. The Morgan fingerprint density at radius 1 is 1.05 bits per heavy atom. The zero-order chi connectivity index (χ0) is 25.9. The lowest BCUT2D eigenvalue weighted by Crippen LogP contribution is -2.32. The van der Waals surface area contributed by atoms with Crippen molar-refractivity contribution < 1.29 is 18.7 Å². The normalized spacial score (nSPS) is 12.0. The fourth-order valence-corrected chi connectivity index (χ4v) is 4.45. The van der Waals surface area contributed by atoms with Crippen LogP contribution in [0, 0.1) is 18.6 Å². The van der Waals surface area contributed by atoms with Gasteiger partial charge < -0.3 is 15.4 Å². The van der Waals surface area contributed by atoms with Gasteiger partial charge in [0.2, 0.25) is 5.91 Å². The Hall–Kier alpha value is -4.59. The Kier molecular flexibility index (Phi) is 6.64. The molecule has 0 aliphatic rings. The number of fused-ring (bicyclic) bond motifs is 1. The number of rotatable bonds is 7. The number of carbonyl (C=O) groups is 1. The van der Waals surface area contributed by atoms with Crippen molar-refractivity contribution in [2.45, 2.75) is 25.8 Å². The minimum atomic E-state index is -0.740. The van der Waals surface area contributed by atoms with E-state index in [-0.39, 0.29) is 24.5 Å². The molecule has 0 saturated heterocycles. The number of aryl methyl sites for hydroxylation is 1. The van der Waals surface area contributed by atoms with E-state index in [1.807, 2.05) is 31.2 Å². The van der Waals surface area contributed by atoms with Crippen LogP contribution in [0.15, 0.2) is 79.1 Å². The van der Waals surface area contributed by atoms with Crippen molar-refractivity contribution in [3.05, 3.63) is 113 Å². The molecule has 0 aliphatic carbocycles. The number of halogens is 2. The lowest BCUT2D eigenvalue weighted by Gasteiger charge is -2.19. The van der Waals surface area contributed by atoms with Crippen LogP contribution in [0.5, 0.6) is 5.75 Å². The van der Waals surface area contributed by atoms with Crippen LogP contribution in [0.25, 0.3) is 22.2 Å². The maximum atomic E-state index is 13.9. The van der Waals surface area contributed by atoms with Crippen LogP contribution in [0.4, 0.5) is 8.78 Å². The molecular weight excluding hydrogens is 474 g/mol. The molecule has 2 aromatic heterocycles. The fourth-order valence-electron chi connectivity index (χ4n) is 4.45. The molecule has 8 heteroatoms. The molecule has 1 atom stereocenters. The van der Waals surface area contributed by atoms with Crippen molar-refractivity contribution in [1.29, 1.82) is 0 Å². The number of benzene rings is 3. The maximum Gasteiger partial charge on any atom is 0.225 e. The van der Waals surface area contributed by atoms with E-state index in [0.717, 1.165) is 28.1 Å². The first-order valence-corrected chi connectivity index (χ1v) is 11.8. The van der Waals surface area contributed by atoms with Crippen molar-refractivity contribution in [3.8, 4) is 17.0 Å². The van der Waals surface area contributed by atoms with Crippen LogP contribution in [0.3, 0.4) is 0 Å². The van der Waals surface area contributed by atoms with Gasteiger partial charge in [0.05, 0.1) is 18.2 Å². The largest absolute Gasteiger partial charge is 0.508 e. The number of nitrogens with zero attached hydrogens (tertiary/aromatic N) is 2. The number of aromatic nitrogens is 3. The molecule has 186 valence electrons. The van der Waals surface area contributed by atoms with Crippen molar-refractivity contribution in [3.63, 3.8) is 0 Å². The summed E-state index contributed by atoms with van der Waals surface area (Å²) in [6, 6.07) is 17.0. The molecule has 37 heavy (non-hydrogen) atoms. The first kappa shape index (κ1) is 24.1. The maximum absolute atomic E-state index is 13.9. The molecule has 5 rings (SSSR count). The number of phenols is 1. The van der Waals surface area contributed by atoms with Gasteiger partial charge in [0.15, 0.2) is 5.82 Å². The number of aromatic hydroxyl groups is 1. The average molecular weight is 499 g/mol. The standard InChI is InChI=1S/C29H24F2N4O2/c1-17-4-2-3-5-23(17)26-8-9-32-29(35-26)27(12-18-10-20(30)14-21(31)11-18)34-28(37)13-19-16-33-25-7-6-22(36)15-24(19)25/h2-11,14-16,27,33,36H,12-13H2,1H3,(H,34,37). The summed E-state index contributed by atoms with van der Waals surface area (Å²) in [7, 11) is 0. The number of amides is 1. The number of phenolic OH excluding ortho intramolecular Hbond substituents is 1. The topological polar surface area (TPSA) is 90.9 Å². The van der Waals surface area contributed by atoms with Crippen LogP contribution in [-0.2, 0) is 17.6 Å². The van der Waals surface area contributed by atoms with Crippen LogP contribution in [0.1, 0.15) is 28.6 Å². The first-order chi connectivity index (χ1) is 17.9. The fraction of sp³-hybridized carbons (Fsp3) is 0.138. The molecule has 0 radical (unpaired) electrons. The van der Waals surface area contributed by atoms with Gasteiger partial charge in [-0.25, -0.2) is 18.7 Å². The van der Waals surface area contributed by atoms with Gasteiger partial charge in [-0.2, -0.15) is 0 Å². The van der Waals surface area contributed by atoms with E-state index in [1.54, 1.807) is 36.7 Å². The molecule has 6 nitrogen and oxygen atoms in total. The minimum absolute atomic E-state index is 0.0228. The number of carbonyl (C=O) groups excluding carboxylic acids is 1. The summed E-state index contributed by atoms with van der Waals surface area (Å²) in [6.45, 7) is 1.98. The van der Waals surface area contributed by atoms with E-state index < -0.39 is 17.7 Å². The van der Waals surface area contributed by atoms with E-state index in [2.05, 4.69) is 15.3 Å². The van der Waals surface area contributed by atoms with Crippen LogP contribution in [0.2, 0.25) is 0 Å². The molecule has 0 saturated carbocycles. The lowest BCUT2D eigenvalue weighted by atomic mass is 10.0. The van der Waals surface area contributed by atoms with E-state index in [4.69, 9.17) is 4.98 Å². The van der Waals surface area contributed by atoms with Crippen molar-refractivity contribution in [2.24, 2.45) is 0 Å². The highest BCUT2D eigenvalue weighted by Crippen LogP contribution is 2.25. The minimum Gasteiger partial charge on any atom is -0.508 e. The third-order valence-corrected chi connectivity index (χ3v) is 6.21. The zero-order valence-corrected chi connectivity index (χ0v) is 20.0. The van der Waals surface area contributed by atoms with Gasteiger partial charge >= 0.3 is 0 Å². The summed E-state index contributed by atoms with van der Waals surface area (Å²) in [5, 5.41) is 13.5. The van der Waals surface area contributed by atoms with E-state index in [0.29, 0.717) is 22.6 Å². The van der Waals surface area contributed by atoms with Crippen molar-refractivity contribution >= 4 is 16.8 Å². The predicted octanol–water partition coefficient (Wildman–Crippen LogP) is 5.56. The summed E-state index contributed by atoms with van der Waals surface area (Å²) in [6.07, 6.45) is 3.44. The molecule has 0 aliphatic heterocycles. The van der Waals surface area contributed by atoms with Gasteiger partial charge in [-0.05, 0) is 60.0 Å². The Labute approximate surface area is 212 Å². The third-order valence-electron chi connectivity index (χ3n) is 6.21. The second-order valence-electron chi connectivity index (χ2n) is 8.94.